The molecule has 1 heterocycles. The van der Waals surface area contributed by atoms with E-state index in [1.165, 1.54) is 7.11 Å². The molecule has 1 aliphatic rings. The molecule has 0 N–H and O–H groups in total. The van der Waals surface area contributed by atoms with Gasteiger partial charge in [-0.1, -0.05) is 35.9 Å². The van der Waals surface area contributed by atoms with Gasteiger partial charge in [-0.15, -0.1) is 0 Å². The number of ketones is 2. The summed E-state index contributed by atoms with van der Waals surface area (Å²) < 4.78 is 5.09. The lowest BCUT2D eigenvalue weighted by atomic mass is 10.0. The van der Waals surface area contributed by atoms with Crippen molar-refractivity contribution < 1.29 is 19.1 Å². The lowest BCUT2D eigenvalue weighted by Gasteiger charge is -2.11. The molecule has 0 saturated heterocycles. The van der Waals surface area contributed by atoms with E-state index in [4.69, 9.17) is 4.74 Å². The van der Waals surface area contributed by atoms with E-state index < -0.39 is 17.5 Å². The lowest BCUT2D eigenvalue weighted by molar-refractivity contribution is -0.131. The Bertz CT molecular complexity index is 869. The second-order valence-electron chi connectivity index (χ2n) is 5.29. The average molecular weight is 322 g/mol. The van der Waals surface area contributed by atoms with Crippen LogP contribution < -0.4 is 9.75 Å². The first-order chi connectivity index (χ1) is 11.5. The van der Waals surface area contributed by atoms with Crippen molar-refractivity contribution in [3.63, 3.8) is 0 Å². The van der Waals surface area contributed by atoms with Crippen LogP contribution in [0, 0.1) is 6.92 Å². The highest BCUT2D eigenvalue weighted by molar-refractivity contribution is 6.84. The summed E-state index contributed by atoms with van der Waals surface area (Å²) in [6.45, 7) is 1.89. The monoisotopic (exact) mass is 322 g/mol. The third-order valence-electron chi connectivity index (χ3n) is 3.63. The summed E-state index contributed by atoms with van der Waals surface area (Å²) in [5, 5.41) is 4.86. The number of anilines is 1. The number of hydrogen-bond acceptors (Lipinski definition) is 5. The van der Waals surface area contributed by atoms with Crippen molar-refractivity contribution in [2.75, 3.05) is 12.1 Å². The number of ether oxygens (including phenoxy) is 1. The van der Waals surface area contributed by atoms with E-state index in [1.807, 2.05) is 6.92 Å². The van der Waals surface area contributed by atoms with Crippen LogP contribution in [0.25, 0.3) is 0 Å². The van der Waals surface area contributed by atoms with E-state index in [0.717, 1.165) is 10.6 Å². The molecule has 3 rings (SSSR count). The van der Waals surface area contributed by atoms with Gasteiger partial charge in [0, 0.05) is 11.6 Å². The molecule has 1 aliphatic heterocycles. The van der Waals surface area contributed by atoms with Crippen molar-refractivity contribution in [2.24, 2.45) is 5.10 Å². The van der Waals surface area contributed by atoms with Crippen molar-refractivity contribution in [3.05, 3.63) is 59.7 Å². The van der Waals surface area contributed by atoms with Gasteiger partial charge in [0.25, 0.3) is 5.78 Å². The fourth-order valence-electron chi connectivity index (χ4n) is 2.30. The molecule has 24 heavy (non-hydrogen) atoms. The Kier molecular flexibility index (Phi) is 3.95. The first kappa shape index (κ1) is 15.6. The van der Waals surface area contributed by atoms with Crippen LogP contribution in [0.2, 0.25) is 0 Å². The maximum absolute atomic E-state index is 12.5. The zero-order chi connectivity index (χ0) is 17.3. The summed E-state index contributed by atoms with van der Waals surface area (Å²) in [7, 11) is 1.49. The van der Waals surface area contributed by atoms with Crippen molar-refractivity contribution >= 4 is 28.9 Å². The van der Waals surface area contributed by atoms with Crippen molar-refractivity contribution in [2.45, 2.75) is 6.92 Å². The number of nitrogens with zero attached hydrogens (tertiary/aromatic N) is 2. The van der Waals surface area contributed by atoms with Crippen molar-refractivity contribution in [1.82, 2.24) is 0 Å². The average Bonchev–Trinajstić information content (AvgIpc) is 2.90. The normalized spacial score (nSPS) is 13.9. The first-order valence-electron chi connectivity index (χ1n) is 7.24. The van der Waals surface area contributed by atoms with Crippen LogP contribution in [0.15, 0.2) is 53.6 Å². The zero-order valence-corrected chi connectivity index (χ0v) is 13.1. The van der Waals surface area contributed by atoms with E-state index in [0.29, 0.717) is 17.0 Å². The second-order valence-corrected chi connectivity index (χ2v) is 5.29. The van der Waals surface area contributed by atoms with Gasteiger partial charge in [-0.2, -0.15) is 10.1 Å². The number of amides is 1. The molecule has 0 aromatic heterocycles. The standard InChI is InChI=1S/C18H14N2O4/c1-11-6-8-12(9-7-11)16(21)15-17(22)18(23)20(19-15)13-4-3-5-14(10-13)24-2/h3-10H,1-2H3. The number of hydrogen-bond donors (Lipinski definition) is 0. The molecule has 0 atom stereocenters. The maximum atomic E-state index is 12.5. The highest BCUT2D eigenvalue weighted by Crippen LogP contribution is 2.24. The van der Waals surface area contributed by atoms with E-state index in [1.54, 1.807) is 48.5 Å². The van der Waals surface area contributed by atoms with E-state index in [2.05, 4.69) is 5.10 Å². The third kappa shape index (κ3) is 2.69. The van der Waals surface area contributed by atoms with Crippen LogP contribution in [0.3, 0.4) is 0 Å². The minimum absolute atomic E-state index is 0.313. The Morgan fingerprint density at radius 2 is 1.79 bits per heavy atom. The minimum Gasteiger partial charge on any atom is -0.497 e. The summed E-state index contributed by atoms with van der Waals surface area (Å²) in [5.74, 6) is -1.83. The molecule has 0 aliphatic carbocycles. The molecule has 0 bridgehead atoms. The number of hydrazone groups is 1. The number of Topliss-reactive ketones (excluding diaryl/α,β-unsaturated/α-hetero) is 2. The molecule has 6 nitrogen and oxygen atoms in total. The van der Waals surface area contributed by atoms with Gasteiger partial charge in [0.15, 0.2) is 5.71 Å². The van der Waals surface area contributed by atoms with Gasteiger partial charge in [0.2, 0.25) is 5.78 Å². The highest BCUT2D eigenvalue weighted by Gasteiger charge is 2.39. The fraction of sp³-hybridized carbons (Fsp3) is 0.111. The summed E-state index contributed by atoms with van der Waals surface area (Å²) in [5.41, 5.74) is 1.28. The van der Waals surface area contributed by atoms with Gasteiger partial charge in [0.05, 0.1) is 12.8 Å². The number of benzene rings is 2. The lowest BCUT2D eigenvalue weighted by Crippen LogP contribution is -2.29. The largest absolute Gasteiger partial charge is 0.497 e. The molecule has 1 amide bonds. The molecule has 2 aromatic carbocycles. The molecule has 120 valence electrons. The smallest absolute Gasteiger partial charge is 0.321 e. The number of carbonyl (C=O) groups is 3. The van der Waals surface area contributed by atoms with E-state index >= 15 is 0 Å². The molecule has 2 aromatic rings. The molecular formula is C18H14N2O4. The number of carbonyl (C=O) groups excluding carboxylic acids is 3. The van der Waals surface area contributed by atoms with Crippen LogP contribution in [0.5, 0.6) is 5.75 Å². The van der Waals surface area contributed by atoms with Crippen LogP contribution >= 0.6 is 0 Å². The van der Waals surface area contributed by atoms with Gasteiger partial charge in [0.1, 0.15) is 5.75 Å². The van der Waals surface area contributed by atoms with Crippen molar-refractivity contribution in [3.8, 4) is 5.75 Å². The number of rotatable bonds is 4. The molecule has 6 heteroatoms. The van der Waals surface area contributed by atoms with Gasteiger partial charge in [-0.05, 0) is 19.1 Å². The minimum atomic E-state index is -0.914. The number of methoxy groups -OCH3 is 1. The molecular weight excluding hydrogens is 308 g/mol. The van der Waals surface area contributed by atoms with Gasteiger partial charge in [-0.25, -0.2) is 0 Å². The molecule has 0 fully saturated rings. The molecule has 0 radical (unpaired) electrons. The Balaban J connectivity index is 1.96. The Labute approximate surface area is 138 Å². The quantitative estimate of drug-likeness (QED) is 0.638. The van der Waals surface area contributed by atoms with E-state index in [9.17, 15) is 14.4 Å². The summed E-state index contributed by atoms with van der Waals surface area (Å²) in [4.78, 5) is 36.8. The molecule has 0 spiro atoms. The summed E-state index contributed by atoms with van der Waals surface area (Å²) in [6, 6.07) is 13.3. The summed E-state index contributed by atoms with van der Waals surface area (Å²) >= 11 is 0. The Hall–Kier alpha value is -3.28. The molecule has 0 saturated carbocycles. The highest BCUT2D eigenvalue weighted by atomic mass is 16.5. The zero-order valence-electron chi connectivity index (χ0n) is 13.1. The van der Waals surface area contributed by atoms with Crippen molar-refractivity contribution in [1.29, 1.82) is 0 Å². The first-order valence-corrected chi connectivity index (χ1v) is 7.24. The van der Waals surface area contributed by atoms with E-state index in [-0.39, 0.29) is 5.71 Å². The fourth-order valence-corrected chi connectivity index (χ4v) is 2.30. The SMILES string of the molecule is COc1cccc(N2N=C(C(=O)c3ccc(C)cc3)C(=O)C2=O)c1. The third-order valence-corrected chi connectivity index (χ3v) is 3.63. The van der Waals surface area contributed by atoms with Crippen LogP contribution in [-0.2, 0) is 9.59 Å². The van der Waals surface area contributed by atoms with Crippen LogP contribution in [0.1, 0.15) is 15.9 Å². The van der Waals surface area contributed by atoms with Gasteiger partial charge < -0.3 is 4.74 Å². The molecule has 0 unspecified atom stereocenters. The van der Waals surface area contributed by atoms with Gasteiger partial charge >= 0.3 is 5.91 Å². The van der Waals surface area contributed by atoms with Gasteiger partial charge in [-0.3, -0.25) is 14.4 Å². The Morgan fingerprint density at radius 3 is 2.46 bits per heavy atom. The second kappa shape index (κ2) is 6.08. The topological polar surface area (TPSA) is 76.0 Å². The van der Waals surface area contributed by atoms with Crippen LogP contribution in [0.4, 0.5) is 5.69 Å². The summed E-state index contributed by atoms with van der Waals surface area (Å²) in [6.07, 6.45) is 0. The predicted octanol–water partition coefficient (Wildman–Crippen LogP) is 2.16. The Morgan fingerprint density at radius 1 is 1.08 bits per heavy atom. The van der Waals surface area contributed by atoms with Crippen LogP contribution in [-0.4, -0.2) is 30.3 Å². The predicted molar refractivity (Wildman–Crippen MR) is 88.4 cm³/mol. The maximum Gasteiger partial charge on any atom is 0.321 e. The number of aryl methyl sites for hydroxylation is 1.